The van der Waals surface area contributed by atoms with Crippen LogP contribution in [0.4, 0.5) is 10.5 Å². The van der Waals surface area contributed by atoms with Crippen LogP contribution in [0.5, 0.6) is 5.75 Å². The second-order valence-electron chi connectivity index (χ2n) is 11.8. The summed E-state index contributed by atoms with van der Waals surface area (Å²) in [4.78, 5) is 27.4. The summed E-state index contributed by atoms with van der Waals surface area (Å²) in [6.07, 6.45) is -1.93. The summed E-state index contributed by atoms with van der Waals surface area (Å²) in [5, 5.41) is 28.0. The number of aliphatic hydroxyl groups excluding tert-OH is 1. The van der Waals surface area contributed by atoms with Crippen LogP contribution in [0, 0.1) is 23.0 Å². The molecule has 3 aromatic rings. The van der Waals surface area contributed by atoms with Gasteiger partial charge in [-0.05, 0) is 69.9 Å². The van der Waals surface area contributed by atoms with Gasteiger partial charge in [0.15, 0.2) is 0 Å². The maximum absolute atomic E-state index is 13.6. The molecule has 0 fully saturated rings. The van der Waals surface area contributed by atoms with Crippen LogP contribution < -0.4 is 10.1 Å². The third kappa shape index (κ3) is 10.5. The maximum atomic E-state index is 13.6. The number of sulfonamides is 1. The minimum absolute atomic E-state index is 0.0695. The van der Waals surface area contributed by atoms with E-state index in [0.29, 0.717) is 12.4 Å². The van der Waals surface area contributed by atoms with Gasteiger partial charge in [-0.15, -0.1) is 11.3 Å². The van der Waals surface area contributed by atoms with Crippen molar-refractivity contribution in [1.29, 1.82) is 0 Å². The number of aryl methyl sites for hydroxylation is 1. The first-order chi connectivity index (χ1) is 20.5. The Morgan fingerprint density at radius 3 is 2.27 bits per heavy atom. The normalized spacial score (nSPS) is 13.5. The van der Waals surface area contributed by atoms with Crippen LogP contribution in [0.25, 0.3) is 0 Å². The van der Waals surface area contributed by atoms with Crippen LogP contribution in [0.3, 0.4) is 0 Å². The highest BCUT2D eigenvalue weighted by atomic mass is 32.2. The Hall–Kier alpha value is -3.59. The van der Waals surface area contributed by atoms with E-state index in [0.717, 1.165) is 32.7 Å². The number of nitro groups is 1. The number of amides is 1. The molecule has 0 aliphatic rings. The van der Waals surface area contributed by atoms with Crippen LogP contribution in [-0.2, 0) is 27.8 Å². The van der Waals surface area contributed by atoms with E-state index < -0.39 is 38.8 Å². The van der Waals surface area contributed by atoms with E-state index >= 15 is 0 Å². The van der Waals surface area contributed by atoms with Crippen LogP contribution >= 0.6 is 11.3 Å². The van der Waals surface area contributed by atoms with Gasteiger partial charge in [0, 0.05) is 30.6 Å². The van der Waals surface area contributed by atoms with Crippen molar-refractivity contribution in [3.8, 4) is 5.75 Å². The Labute approximate surface area is 262 Å². The maximum Gasteiger partial charge on any atom is 0.407 e. The fourth-order valence-electron chi connectivity index (χ4n) is 4.25. The zero-order valence-corrected chi connectivity index (χ0v) is 27.4. The van der Waals surface area contributed by atoms with Gasteiger partial charge < -0.3 is 19.9 Å². The summed E-state index contributed by atoms with van der Waals surface area (Å²) in [5.41, 5.74) is 0.555. The number of ether oxygens (including phenoxy) is 2. The number of benzene rings is 2. The molecule has 240 valence electrons. The van der Waals surface area contributed by atoms with E-state index in [2.05, 4.69) is 10.3 Å². The Bertz CT molecular complexity index is 1500. The molecule has 0 aliphatic carbocycles. The standard InChI is InChI=1S/C30H40N4O8S2/c1-20(2)16-33(44(39,40)26-13-9-24(10-14-26)34(37)38)17-28(35)27(32-29(36)42-30(4,5)6)15-22-7-11-25(12-8-22)41-18-23-19-43-21(3)31-23/h7-14,19-20,27-28,35H,15-18H2,1-6H3,(H,32,36)/t27-,28+/m0/s1. The summed E-state index contributed by atoms with van der Waals surface area (Å²) in [6, 6.07) is 10.8. The molecule has 44 heavy (non-hydrogen) atoms. The first-order valence-electron chi connectivity index (χ1n) is 14.1. The van der Waals surface area contributed by atoms with Gasteiger partial charge in [-0.2, -0.15) is 4.31 Å². The van der Waals surface area contributed by atoms with Gasteiger partial charge >= 0.3 is 6.09 Å². The van der Waals surface area contributed by atoms with Crippen molar-refractivity contribution < 1.29 is 32.7 Å². The summed E-state index contributed by atoms with van der Waals surface area (Å²) in [6.45, 7) is 10.8. The quantitative estimate of drug-likeness (QED) is 0.179. The number of alkyl carbamates (subject to hydrolysis) is 1. The molecule has 2 aromatic carbocycles. The Morgan fingerprint density at radius 2 is 1.75 bits per heavy atom. The van der Waals surface area contributed by atoms with Gasteiger partial charge in [0.25, 0.3) is 5.69 Å². The molecule has 0 unspecified atom stereocenters. The molecular weight excluding hydrogens is 608 g/mol. The predicted molar refractivity (Wildman–Crippen MR) is 167 cm³/mol. The number of aliphatic hydroxyl groups is 1. The largest absolute Gasteiger partial charge is 0.487 e. The molecule has 0 saturated carbocycles. The lowest BCUT2D eigenvalue weighted by atomic mass is 10.0. The Kier molecular flexibility index (Phi) is 11.8. The number of hydrogen-bond donors (Lipinski definition) is 2. The van der Waals surface area contributed by atoms with Crippen molar-refractivity contribution >= 4 is 33.1 Å². The van der Waals surface area contributed by atoms with E-state index in [1.54, 1.807) is 56.4 Å². The highest BCUT2D eigenvalue weighted by Crippen LogP contribution is 2.23. The number of non-ortho nitro benzene ring substituents is 1. The molecule has 0 aliphatic heterocycles. The smallest absolute Gasteiger partial charge is 0.407 e. The number of rotatable bonds is 14. The van der Waals surface area contributed by atoms with Gasteiger partial charge in [-0.25, -0.2) is 18.2 Å². The molecule has 3 rings (SSSR count). The number of carbonyl (C=O) groups excluding carboxylic acids is 1. The van der Waals surface area contributed by atoms with Crippen molar-refractivity contribution in [2.75, 3.05) is 13.1 Å². The molecule has 12 nitrogen and oxygen atoms in total. The molecule has 14 heteroatoms. The third-order valence-electron chi connectivity index (χ3n) is 6.24. The molecule has 0 saturated heterocycles. The molecule has 2 atom stereocenters. The molecule has 1 aromatic heterocycles. The van der Waals surface area contributed by atoms with Crippen molar-refractivity contribution in [2.45, 2.75) is 77.2 Å². The SMILES string of the molecule is Cc1nc(COc2ccc(C[C@H](NC(=O)OC(C)(C)C)[C@H](O)CN(CC(C)C)S(=O)(=O)c3ccc([N+](=O)[O-])cc3)cc2)cs1. The minimum Gasteiger partial charge on any atom is -0.487 e. The van der Waals surface area contributed by atoms with Gasteiger partial charge in [-0.1, -0.05) is 26.0 Å². The lowest BCUT2D eigenvalue weighted by Gasteiger charge is -2.31. The third-order valence-corrected chi connectivity index (χ3v) is 8.91. The average Bonchev–Trinajstić information content (AvgIpc) is 3.35. The number of thiazole rings is 1. The number of nitrogens with one attached hydrogen (secondary N) is 1. The number of carbonyl (C=O) groups is 1. The molecule has 2 N–H and O–H groups in total. The molecular formula is C30H40N4O8S2. The van der Waals surface area contributed by atoms with Crippen LogP contribution in [0.1, 0.15) is 50.9 Å². The zero-order valence-electron chi connectivity index (χ0n) is 25.7. The second kappa shape index (κ2) is 14.9. The van der Waals surface area contributed by atoms with Crippen molar-refractivity contribution in [3.63, 3.8) is 0 Å². The fourth-order valence-corrected chi connectivity index (χ4v) is 6.47. The van der Waals surface area contributed by atoms with Crippen LogP contribution in [0.15, 0.2) is 58.8 Å². The molecule has 1 heterocycles. The highest BCUT2D eigenvalue weighted by molar-refractivity contribution is 7.89. The van der Waals surface area contributed by atoms with Crippen molar-refractivity contribution in [2.24, 2.45) is 5.92 Å². The summed E-state index contributed by atoms with van der Waals surface area (Å²) < 4.78 is 39.5. The van der Waals surface area contributed by atoms with Crippen molar-refractivity contribution in [1.82, 2.24) is 14.6 Å². The lowest BCUT2D eigenvalue weighted by molar-refractivity contribution is -0.384. The highest BCUT2D eigenvalue weighted by Gasteiger charge is 2.32. The van der Waals surface area contributed by atoms with Gasteiger partial charge in [0.2, 0.25) is 10.0 Å². The number of nitro benzene ring substituents is 1. The molecule has 0 spiro atoms. The average molecular weight is 649 g/mol. The minimum atomic E-state index is -4.14. The topological polar surface area (TPSA) is 161 Å². The number of aromatic nitrogens is 1. The predicted octanol–water partition coefficient (Wildman–Crippen LogP) is 5.08. The van der Waals surface area contributed by atoms with Gasteiger partial charge in [0.05, 0.1) is 32.7 Å². The van der Waals surface area contributed by atoms with E-state index in [9.17, 15) is 28.4 Å². The van der Waals surface area contributed by atoms with E-state index in [4.69, 9.17) is 9.47 Å². The fraction of sp³-hybridized carbons (Fsp3) is 0.467. The first-order valence-corrected chi connectivity index (χ1v) is 16.4. The number of hydrogen-bond acceptors (Lipinski definition) is 10. The monoisotopic (exact) mass is 648 g/mol. The Balaban J connectivity index is 1.81. The summed E-state index contributed by atoms with van der Waals surface area (Å²) >= 11 is 1.54. The summed E-state index contributed by atoms with van der Waals surface area (Å²) in [7, 11) is -4.14. The molecule has 0 radical (unpaired) electrons. The van der Waals surface area contributed by atoms with E-state index in [-0.39, 0.29) is 36.0 Å². The summed E-state index contributed by atoms with van der Waals surface area (Å²) in [5.74, 6) is 0.516. The lowest BCUT2D eigenvalue weighted by Crippen LogP contribution is -2.51. The zero-order chi connectivity index (χ0) is 32.7. The van der Waals surface area contributed by atoms with Gasteiger partial charge in [-0.3, -0.25) is 10.1 Å². The van der Waals surface area contributed by atoms with E-state index in [1.807, 2.05) is 26.2 Å². The van der Waals surface area contributed by atoms with Crippen LogP contribution in [0.2, 0.25) is 0 Å². The van der Waals surface area contributed by atoms with Crippen molar-refractivity contribution in [3.05, 3.63) is 80.3 Å². The van der Waals surface area contributed by atoms with E-state index in [1.165, 1.54) is 12.1 Å². The first kappa shape index (κ1) is 34.9. The molecule has 1 amide bonds. The van der Waals surface area contributed by atoms with Gasteiger partial charge in [0.1, 0.15) is 18.0 Å². The Morgan fingerprint density at radius 1 is 1.11 bits per heavy atom. The number of nitrogens with zero attached hydrogens (tertiary/aromatic N) is 3. The molecule has 0 bridgehead atoms. The second-order valence-corrected chi connectivity index (χ2v) is 14.8. The van der Waals surface area contributed by atoms with Crippen LogP contribution in [-0.4, -0.2) is 64.7 Å².